The molecule has 0 heterocycles. The van der Waals surface area contributed by atoms with E-state index in [2.05, 4.69) is 27.2 Å². The van der Waals surface area contributed by atoms with Gasteiger partial charge >= 0.3 is 0 Å². The maximum atomic E-state index is 11.6. The van der Waals surface area contributed by atoms with Crippen molar-refractivity contribution in [3.63, 3.8) is 0 Å². The Balaban J connectivity index is 2.77. The number of anilines is 1. The van der Waals surface area contributed by atoms with Gasteiger partial charge in [0.25, 0.3) is 0 Å². The van der Waals surface area contributed by atoms with Crippen LogP contribution in [0.2, 0.25) is 0 Å². The van der Waals surface area contributed by atoms with E-state index in [9.17, 15) is 4.79 Å². The summed E-state index contributed by atoms with van der Waals surface area (Å²) in [5.41, 5.74) is 7.36. The number of benzene rings is 1. The highest BCUT2D eigenvalue weighted by molar-refractivity contribution is 9.10. The Kier molecular flexibility index (Phi) is 4.53. The highest BCUT2D eigenvalue weighted by Gasteiger charge is 2.13. The Hall–Kier alpha value is -1.31. The molecule has 0 aliphatic carbocycles. The van der Waals surface area contributed by atoms with Gasteiger partial charge in [-0.15, -0.1) is 12.3 Å². The largest absolute Gasteiger partial charge is 0.324 e. The molecule has 84 valence electrons. The van der Waals surface area contributed by atoms with Gasteiger partial charge < -0.3 is 11.1 Å². The third kappa shape index (κ3) is 3.37. The van der Waals surface area contributed by atoms with Crippen LogP contribution in [-0.4, -0.2) is 11.9 Å². The first-order valence-corrected chi connectivity index (χ1v) is 5.60. The fourth-order valence-corrected chi connectivity index (χ4v) is 1.53. The molecule has 0 aliphatic rings. The summed E-state index contributed by atoms with van der Waals surface area (Å²) in [4.78, 5) is 11.6. The second-order valence-corrected chi connectivity index (χ2v) is 4.34. The topological polar surface area (TPSA) is 55.1 Å². The zero-order chi connectivity index (χ0) is 12.1. The number of nitrogens with two attached hydrogens (primary N) is 1. The van der Waals surface area contributed by atoms with Gasteiger partial charge in [-0.3, -0.25) is 4.79 Å². The zero-order valence-electron chi connectivity index (χ0n) is 8.96. The zero-order valence-corrected chi connectivity index (χ0v) is 10.5. The van der Waals surface area contributed by atoms with Gasteiger partial charge in [-0.05, 0) is 40.5 Å². The van der Waals surface area contributed by atoms with Crippen LogP contribution < -0.4 is 11.1 Å². The van der Waals surface area contributed by atoms with Crippen LogP contribution >= 0.6 is 15.9 Å². The van der Waals surface area contributed by atoms with E-state index in [4.69, 9.17) is 12.2 Å². The molecule has 16 heavy (non-hydrogen) atoms. The number of hydrogen-bond acceptors (Lipinski definition) is 2. The number of carbonyl (C=O) groups excluding carboxylic acids is 1. The summed E-state index contributed by atoms with van der Waals surface area (Å²) < 4.78 is 0.819. The van der Waals surface area contributed by atoms with Crippen molar-refractivity contribution in [2.75, 3.05) is 5.32 Å². The van der Waals surface area contributed by atoms with Gasteiger partial charge in [0.15, 0.2) is 0 Å². The smallest absolute Gasteiger partial charge is 0.242 e. The minimum atomic E-state index is -0.669. The monoisotopic (exact) mass is 280 g/mol. The predicted molar refractivity (Wildman–Crippen MR) is 68.9 cm³/mol. The number of aryl methyl sites for hydroxylation is 1. The quantitative estimate of drug-likeness (QED) is 0.833. The van der Waals surface area contributed by atoms with Crippen molar-refractivity contribution in [3.8, 4) is 12.3 Å². The van der Waals surface area contributed by atoms with Crippen molar-refractivity contribution in [3.05, 3.63) is 28.2 Å². The molecule has 4 heteroatoms. The highest BCUT2D eigenvalue weighted by Crippen LogP contribution is 2.23. The lowest BCUT2D eigenvalue weighted by molar-refractivity contribution is -0.117. The van der Waals surface area contributed by atoms with Crippen LogP contribution in [-0.2, 0) is 4.79 Å². The van der Waals surface area contributed by atoms with E-state index in [0.29, 0.717) is 5.69 Å². The molecule has 1 rings (SSSR count). The first-order chi connectivity index (χ1) is 7.54. The maximum Gasteiger partial charge on any atom is 0.242 e. The van der Waals surface area contributed by atoms with E-state index >= 15 is 0 Å². The molecule has 0 aromatic heterocycles. The Morgan fingerprint density at radius 3 is 3.00 bits per heavy atom. The van der Waals surface area contributed by atoms with Crippen LogP contribution in [0, 0.1) is 19.3 Å². The van der Waals surface area contributed by atoms with Gasteiger partial charge in [-0.2, -0.15) is 0 Å². The molecule has 1 amide bonds. The van der Waals surface area contributed by atoms with Crippen LogP contribution in [0.15, 0.2) is 22.7 Å². The molecule has 1 aromatic rings. The molecule has 0 saturated heterocycles. The van der Waals surface area contributed by atoms with E-state index in [-0.39, 0.29) is 12.3 Å². The summed E-state index contributed by atoms with van der Waals surface area (Å²) in [6.45, 7) is 1.95. The van der Waals surface area contributed by atoms with Crippen LogP contribution in [0.4, 0.5) is 5.69 Å². The lowest BCUT2D eigenvalue weighted by Crippen LogP contribution is -2.35. The lowest BCUT2D eigenvalue weighted by Gasteiger charge is -2.11. The predicted octanol–water partition coefficient (Wildman–Crippen LogP) is 2.05. The van der Waals surface area contributed by atoms with E-state index in [1.165, 1.54) is 0 Å². The summed E-state index contributed by atoms with van der Waals surface area (Å²) >= 11 is 3.35. The third-order valence-corrected chi connectivity index (χ3v) is 2.75. The number of nitrogens with one attached hydrogen (secondary N) is 1. The van der Waals surface area contributed by atoms with E-state index in [1.54, 1.807) is 0 Å². The van der Waals surface area contributed by atoms with Gasteiger partial charge in [-0.25, -0.2) is 0 Å². The first-order valence-electron chi connectivity index (χ1n) is 4.80. The minimum absolute atomic E-state index is 0.231. The molecule has 0 saturated carbocycles. The molecule has 3 N–H and O–H groups in total. The summed E-state index contributed by atoms with van der Waals surface area (Å²) in [6.07, 6.45) is 5.33. The average Bonchev–Trinajstić information content (AvgIpc) is 2.23. The molecular weight excluding hydrogens is 268 g/mol. The molecule has 0 spiro atoms. The molecule has 0 fully saturated rings. The van der Waals surface area contributed by atoms with Crippen molar-refractivity contribution in [1.29, 1.82) is 0 Å². The van der Waals surface area contributed by atoms with Crippen LogP contribution in [0.1, 0.15) is 12.0 Å². The summed E-state index contributed by atoms with van der Waals surface area (Å²) in [6, 6.07) is 5.01. The number of halogens is 1. The molecule has 1 aromatic carbocycles. The van der Waals surface area contributed by atoms with Gasteiger partial charge in [0.2, 0.25) is 5.91 Å². The Labute approximate surface area is 104 Å². The summed E-state index contributed by atoms with van der Waals surface area (Å²) in [5, 5.41) is 2.73. The number of amides is 1. The standard InChI is InChI=1S/C12H13BrN2O/c1-3-4-10(14)12(16)15-11-7-8(2)5-6-9(11)13/h1,5-7,10H,4,14H2,2H3,(H,15,16). The maximum absolute atomic E-state index is 11.6. The number of carbonyl (C=O) groups is 1. The minimum Gasteiger partial charge on any atom is -0.324 e. The van der Waals surface area contributed by atoms with Crippen LogP contribution in [0.25, 0.3) is 0 Å². The first kappa shape index (κ1) is 12.8. The SMILES string of the molecule is C#CCC(N)C(=O)Nc1cc(C)ccc1Br. The Bertz CT molecular complexity index is 437. The number of hydrogen-bond donors (Lipinski definition) is 2. The van der Waals surface area contributed by atoms with Crippen molar-refractivity contribution in [2.45, 2.75) is 19.4 Å². The summed E-state index contributed by atoms with van der Waals surface area (Å²) in [7, 11) is 0. The Morgan fingerprint density at radius 1 is 1.69 bits per heavy atom. The van der Waals surface area contributed by atoms with E-state index in [1.807, 2.05) is 25.1 Å². The van der Waals surface area contributed by atoms with Crippen LogP contribution in [0.5, 0.6) is 0 Å². The molecule has 0 aliphatic heterocycles. The van der Waals surface area contributed by atoms with Gasteiger partial charge in [-0.1, -0.05) is 6.07 Å². The molecule has 0 radical (unpaired) electrons. The van der Waals surface area contributed by atoms with Gasteiger partial charge in [0, 0.05) is 10.9 Å². The molecule has 1 atom stereocenters. The molecule has 0 bridgehead atoms. The number of rotatable bonds is 3. The lowest BCUT2D eigenvalue weighted by atomic mass is 10.2. The normalized spacial score (nSPS) is 11.6. The molecular formula is C12H13BrN2O. The molecule has 1 unspecified atom stereocenters. The van der Waals surface area contributed by atoms with Crippen molar-refractivity contribution in [1.82, 2.24) is 0 Å². The van der Waals surface area contributed by atoms with Crippen LogP contribution in [0.3, 0.4) is 0 Å². The van der Waals surface area contributed by atoms with Crippen molar-refractivity contribution < 1.29 is 4.79 Å². The van der Waals surface area contributed by atoms with E-state index < -0.39 is 6.04 Å². The second-order valence-electron chi connectivity index (χ2n) is 3.49. The van der Waals surface area contributed by atoms with Gasteiger partial charge in [0.05, 0.1) is 11.7 Å². The van der Waals surface area contributed by atoms with E-state index in [0.717, 1.165) is 10.0 Å². The van der Waals surface area contributed by atoms with Gasteiger partial charge in [0.1, 0.15) is 0 Å². The Morgan fingerprint density at radius 2 is 2.38 bits per heavy atom. The third-order valence-electron chi connectivity index (χ3n) is 2.05. The average molecular weight is 281 g/mol. The molecule has 3 nitrogen and oxygen atoms in total. The fourth-order valence-electron chi connectivity index (χ4n) is 1.18. The summed E-state index contributed by atoms with van der Waals surface area (Å²) in [5.74, 6) is 2.09. The van der Waals surface area contributed by atoms with Crippen molar-refractivity contribution >= 4 is 27.5 Å². The second kappa shape index (κ2) is 5.69. The number of terminal acetylenes is 1. The van der Waals surface area contributed by atoms with Crippen molar-refractivity contribution in [2.24, 2.45) is 5.73 Å². The fraction of sp³-hybridized carbons (Fsp3) is 0.250. The highest BCUT2D eigenvalue weighted by atomic mass is 79.9.